The molecule has 0 atom stereocenters. The smallest absolute Gasteiger partial charge is 0.255 e. The van der Waals surface area contributed by atoms with Crippen LogP contribution in [-0.4, -0.2) is 25.2 Å². The van der Waals surface area contributed by atoms with Crippen molar-refractivity contribution in [2.24, 2.45) is 0 Å². The second kappa shape index (κ2) is 6.49. The lowest BCUT2D eigenvalue weighted by molar-refractivity contribution is 0.102. The summed E-state index contributed by atoms with van der Waals surface area (Å²) in [7, 11) is 3.02. The van der Waals surface area contributed by atoms with Gasteiger partial charge >= 0.3 is 0 Å². The third-order valence-corrected chi connectivity index (χ3v) is 3.39. The molecule has 0 unspecified atom stereocenters. The molecule has 2 aromatic rings. The Balaban J connectivity index is 2.29. The van der Waals surface area contributed by atoms with Gasteiger partial charge in [0, 0.05) is 17.3 Å². The summed E-state index contributed by atoms with van der Waals surface area (Å²) < 4.78 is 11.0. The molecule has 110 valence electrons. The predicted molar refractivity (Wildman–Crippen MR) is 83.3 cm³/mol. The Labute approximate surface area is 130 Å². The van der Waals surface area contributed by atoms with Gasteiger partial charge in [-0.3, -0.25) is 4.79 Å². The number of rotatable bonds is 4. The Kier molecular flexibility index (Phi) is 4.70. The summed E-state index contributed by atoms with van der Waals surface area (Å²) in [6, 6.07) is 9.56. The molecule has 0 bridgehead atoms. The average Bonchev–Trinajstić information content (AvgIpc) is 2.46. The van der Waals surface area contributed by atoms with E-state index in [1.54, 1.807) is 24.3 Å². The molecule has 2 aromatic carbocycles. The van der Waals surface area contributed by atoms with Gasteiger partial charge in [0.25, 0.3) is 5.91 Å². The average molecular weight is 352 g/mol. The number of methoxy groups -OCH3 is 2. The van der Waals surface area contributed by atoms with Crippen LogP contribution in [0.4, 0.5) is 5.69 Å². The quantitative estimate of drug-likeness (QED) is 0.885. The van der Waals surface area contributed by atoms with E-state index in [0.717, 1.165) is 0 Å². The van der Waals surface area contributed by atoms with Gasteiger partial charge in [0.1, 0.15) is 5.75 Å². The van der Waals surface area contributed by atoms with Crippen molar-refractivity contribution >= 4 is 27.5 Å². The van der Waals surface area contributed by atoms with E-state index in [4.69, 9.17) is 9.47 Å². The summed E-state index contributed by atoms with van der Waals surface area (Å²) in [4.78, 5) is 12.2. The summed E-state index contributed by atoms with van der Waals surface area (Å²) >= 11 is 3.34. The van der Waals surface area contributed by atoms with E-state index in [1.165, 1.54) is 26.4 Å². The van der Waals surface area contributed by atoms with E-state index in [2.05, 4.69) is 21.2 Å². The van der Waals surface area contributed by atoms with Crippen LogP contribution in [0.25, 0.3) is 0 Å². The number of carbonyl (C=O) groups excluding carboxylic acids is 1. The molecular formula is C15H14BrNO4. The molecule has 0 fully saturated rings. The van der Waals surface area contributed by atoms with Crippen molar-refractivity contribution in [3.63, 3.8) is 0 Å². The van der Waals surface area contributed by atoms with E-state index in [-0.39, 0.29) is 11.7 Å². The zero-order chi connectivity index (χ0) is 15.4. The molecule has 6 heteroatoms. The molecule has 0 heterocycles. The molecule has 0 saturated carbocycles. The Morgan fingerprint density at radius 3 is 2.57 bits per heavy atom. The van der Waals surface area contributed by atoms with Gasteiger partial charge in [-0.15, -0.1) is 0 Å². The molecule has 0 saturated heterocycles. The van der Waals surface area contributed by atoms with Crippen LogP contribution in [-0.2, 0) is 0 Å². The number of anilines is 1. The molecule has 5 nitrogen and oxygen atoms in total. The number of hydrogen-bond donors (Lipinski definition) is 2. The standard InChI is InChI=1S/C15H14BrNO4/c1-20-13-7-9(6-12(16)14(13)21-2)15(19)17-10-4-3-5-11(18)8-10/h3-8,18H,1-2H3,(H,17,19). The van der Waals surface area contributed by atoms with Crippen LogP contribution in [0.15, 0.2) is 40.9 Å². The maximum absolute atomic E-state index is 12.2. The minimum Gasteiger partial charge on any atom is -0.508 e. The third kappa shape index (κ3) is 3.46. The van der Waals surface area contributed by atoms with Gasteiger partial charge in [0.2, 0.25) is 0 Å². The number of hydrogen-bond acceptors (Lipinski definition) is 4. The highest BCUT2D eigenvalue weighted by Gasteiger charge is 2.15. The number of nitrogens with one attached hydrogen (secondary N) is 1. The van der Waals surface area contributed by atoms with E-state index < -0.39 is 0 Å². The molecule has 2 N–H and O–H groups in total. The van der Waals surface area contributed by atoms with Crippen LogP contribution in [0.1, 0.15) is 10.4 Å². The van der Waals surface area contributed by atoms with Crippen LogP contribution in [0.2, 0.25) is 0 Å². The summed E-state index contributed by atoms with van der Waals surface area (Å²) in [6.45, 7) is 0. The van der Waals surface area contributed by atoms with Gasteiger partial charge in [-0.25, -0.2) is 0 Å². The van der Waals surface area contributed by atoms with Crippen molar-refractivity contribution in [3.05, 3.63) is 46.4 Å². The van der Waals surface area contributed by atoms with Crippen molar-refractivity contribution in [1.82, 2.24) is 0 Å². The van der Waals surface area contributed by atoms with Gasteiger partial charge in [0.15, 0.2) is 11.5 Å². The number of phenolic OH excluding ortho intramolecular Hbond substituents is 1. The number of benzene rings is 2. The Hall–Kier alpha value is -2.21. The number of halogens is 1. The molecular weight excluding hydrogens is 338 g/mol. The molecule has 0 aliphatic carbocycles. The maximum Gasteiger partial charge on any atom is 0.255 e. The molecule has 0 radical (unpaired) electrons. The van der Waals surface area contributed by atoms with Crippen molar-refractivity contribution in [2.45, 2.75) is 0 Å². The van der Waals surface area contributed by atoms with Gasteiger partial charge in [-0.2, -0.15) is 0 Å². The fourth-order valence-electron chi connectivity index (χ4n) is 1.84. The first-order valence-corrected chi connectivity index (χ1v) is 6.86. The summed E-state index contributed by atoms with van der Waals surface area (Å²) in [5, 5.41) is 12.1. The highest BCUT2D eigenvalue weighted by atomic mass is 79.9. The minimum absolute atomic E-state index is 0.0845. The number of amides is 1. The predicted octanol–water partition coefficient (Wildman–Crippen LogP) is 3.42. The topological polar surface area (TPSA) is 67.8 Å². The molecule has 0 spiro atoms. The molecule has 1 amide bonds. The van der Waals surface area contributed by atoms with Crippen molar-refractivity contribution in [3.8, 4) is 17.2 Å². The SMILES string of the molecule is COc1cc(C(=O)Nc2cccc(O)c2)cc(Br)c1OC. The summed E-state index contributed by atoms with van der Waals surface area (Å²) in [6.07, 6.45) is 0. The first kappa shape index (κ1) is 15.2. The van der Waals surface area contributed by atoms with Crippen LogP contribution in [0.5, 0.6) is 17.2 Å². The number of carbonyl (C=O) groups is 1. The number of aromatic hydroxyl groups is 1. The molecule has 0 aliphatic heterocycles. The van der Waals surface area contributed by atoms with Gasteiger partial charge in [-0.1, -0.05) is 6.07 Å². The van der Waals surface area contributed by atoms with Gasteiger partial charge in [0.05, 0.1) is 18.7 Å². The van der Waals surface area contributed by atoms with Crippen LogP contribution >= 0.6 is 15.9 Å². The van der Waals surface area contributed by atoms with Crippen LogP contribution in [0, 0.1) is 0 Å². The summed E-state index contributed by atoms with van der Waals surface area (Å²) in [5.41, 5.74) is 0.911. The fourth-order valence-corrected chi connectivity index (χ4v) is 2.44. The lowest BCUT2D eigenvalue weighted by atomic mass is 10.1. The number of ether oxygens (including phenoxy) is 2. The summed E-state index contributed by atoms with van der Waals surface area (Å²) in [5.74, 6) is 0.739. The van der Waals surface area contributed by atoms with Gasteiger partial charge in [-0.05, 0) is 40.2 Å². The van der Waals surface area contributed by atoms with E-state index in [0.29, 0.717) is 27.2 Å². The Morgan fingerprint density at radius 2 is 1.95 bits per heavy atom. The molecule has 2 rings (SSSR count). The normalized spacial score (nSPS) is 10.0. The Bertz CT molecular complexity index is 673. The number of phenols is 1. The van der Waals surface area contributed by atoms with Crippen molar-refractivity contribution < 1.29 is 19.4 Å². The molecule has 0 aromatic heterocycles. The highest BCUT2D eigenvalue weighted by Crippen LogP contribution is 2.36. The zero-order valence-electron chi connectivity index (χ0n) is 11.5. The lowest BCUT2D eigenvalue weighted by Gasteiger charge is -2.12. The van der Waals surface area contributed by atoms with E-state index in [9.17, 15) is 9.90 Å². The fraction of sp³-hybridized carbons (Fsp3) is 0.133. The van der Waals surface area contributed by atoms with E-state index >= 15 is 0 Å². The molecule has 21 heavy (non-hydrogen) atoms. The van der Waals surface area contributed by atoms with Gasteiger partial charge < -0.3 is 19.9 Å². The first-order chi connectivity index (χ1) is 10.0. The van der Waals surface area contributed by atoms with E-state index in [1.807, 2.05) is 0 Å². The first-order valence-electron chi connectivity index (χ1n) is 6.07. The molecule has 0 aliphatic rings. The van der Waals surface area contributed by atoms with Crippen molar-refractivity contribution in [2.75, 3.05) is 19.5 Å². The second-order valence-corrected chi connectivity index (χ2v) is 5.05. The lowest BCUT2D eigenvalue weighted by Crippen LogP contribution is -2.12. The highest BCUT2D eigenvalue weighted by molar-refractivity contribution is 9.10. The zero-order valence-corrected chi connectivity index (χ0v) is 13.1. The Morgan fingerprint density at radius 1 is 1.19 bits per heavy atom. The van der Waals surface area contributed by atoms with Crippen LogP contribution in [0.3, 0.4) is 0 Å². The minimum atomic E-state index is -0.317. The van der Waals surface area contributed by atoms with Crippen LogP contribution < -0.4 is 14.8 Å². The monoisotopic (exact) mass is 351 g/mol. The van der Waals surface area contributed by atoms with Crippen molar-refractivity contribution in [1.29, 1.82) is 0 Å². The second-order valence-electron chi connectivity index (χ2n) is 4.20. The largest absolute Gasteiger partial charge is 0.508 e. The third-order valence-electron chi connectivity index (χ3n) is 2.80. The maximum atomic E-state index is 12.2.